The fraction of sp³-hybridized carbons (Fsp3) is 0.545. The standard InChI is InChI=1S/C17H27F3NO3S.C5H5N/c18-17(19,20)13-9-6-4-2-1-3-5-7-12-16-24-25(22,23)21-14-10-8-11-15-21;1-2-4-6-5-3-1/h8,10-11,14-15H,1-7,9,12-13,16H2;1-5H/q+1;. The van der Waals surface area contributed by atoms with E-state index in [9.17, 15) is 21.6 Å². The molecule has 0 saturated carbocycles. The molecular weight excluding hydrogens is 429 g/mol. The Kier molecular flexibility index (Phi) is 13.7. The van der Waals surface area contributed by atoms with Crippen LogP contribution in [-0.4, -0.2) is 26.2 Å². The Morgan fingerprint density at radius 1 is 0.710 bits per heavy atom. The highest BCUT2D eigenvalue weighted by molar-refractivity contribution is 7.80. The molecule has 2 aromatic rings. The summed E-state index contributed by atoms with van der Waals surface area (Å²) in [6.45, 7) is 0.154. The third-order valence-electron chi connectivity index (χ3n) is 4.35. The summed E-state index contributed by atoms with van der Waals surface area (Å²) in [4.78, 5) is 3.78. The summed E-state index contributed by atoms with van der Waals surface area (Å²) in [5.74, 6) is 0. The van der Waals surface area contributed by atoms with Gasteiger partial charge in [-0.05, 0) is 25.0 Å². The molecule has 2 heterocycles. The predicted octanol–water partition coefficient (Wildman–Crippen LogP) is 5.63. The normalized spacial score (nSPS) is 11.6. The molecule has 0 atom stereocenters. The number of hydrogen-bond donors (Lipinski definition) is 0. The van der Waals surface area contributed by atoms with Crippen LogP contribution in [0, 0.1) is 0 Å². The van der Waals surface area contributed by atoms with Crippen LogP contribution in [0.3, 0.4) is 0 Å². The van der Waals surface area contributed by atoms with Crippen LogP contribution >= 0.6 is 0 Å². The van der Waals surface area contributed by atoms with Gasteiger partial charge in [0.05, 0.1) is 6.61 Å². The minimum Gasteiger partial charge on any atom is -0.265 e. The van der Waals surface area contributed by atoms with Gasteiger partial charge < -0.3 is 0 Å². The topological polar surface area (TPSA) is 60.1 Å². The van der Waals surface area contributed by atoms with E-state index in [1.807, 2.05) is 18.2 Å². The quantitative estimate of drug-likeness (QED) is 0.287. The van der Waals surface area contributed by atoms with E-state index in [4.69, 9.17) is 4.18 Å². The minimum atomic E-state index is -4.03. The van der Waals surface area contributed by atoms with Crippen LogP contribution < -0.4 is 3.97 Å². The maximum atomic E-state index is 12.0. The lowest BCUT2D eigenvalue weighted by Gasteiger charge is -2.05. The van der Waals surface area contributed by atoms with Gasteiger partial charge >= 0.3 is 16.5 Å². The molecule has 2 rings (SSSR count). The molecule has 0 aliphatic carbocycles. The van der Waals surface area contributed by atoms with Gasteiger partial charge in [0.25, 0.3) is 0 Å². The van der Waals surface area contributed by atoms with E-state index >= 15 is 0 Å². The molecule has 0 unspecified atom stereocenters. The lowest BCUT2D eigenvalue weighted by molar-refractivity contribution is -0.520. The summed E-state index contributed by atoms with van der Waals surface area (Å²) >= 11 is 0. The average molecular weight is 462 g/mol. The summed E-state index contributed by atoms with van der Waals surface area (Å²) in [5.41, 5.74) is 0. The van der Waals surface area contributed by atoms with Crippen LogP contribution in [0.15, 0.2) is 61.2 Å². The molecule has 0 fully saturated rings. The number of hydrogen-bond acceptors (Lipinski definition) is 4. The fourth-order valence-electron chi connectivity index (χ4n) is 2.73. The first-order chi connectivity index (χ1) is 14.8. The Hall–Kier alpha value is -2.00. The van der Waals surface area contributed by atoms with E-state index in [2.05, 4.69) is 4.98 Å². The fourth-order valence-corrected chi connectivity index (χ4v) is 3.62. The first-order valence-electron chi connectivity index (χ1n) is 10.6. The predicted molar refractivity (Wildman–Crippen MR) is 113 cm³/mol. The molecule has 0 amide bonds. The molecule has 0 N–H and O–H groups in total. The Labute approximate surface area is 183 Å². The number of rotatable bonds is 13. The van der Waals surface area contributed by atoms with Gasteiger partial charge in [0.2, 0.25) is 0 Å². The SMILES string of the molecule is O=S(=O)(OCCCCCCCCCCCC(F)(F)F)[n+]1ccccc1.c1ccncc1. The first-order valence-corrected chi connectivity index (χ1v) is 12.0. The number of nitrogens with zero attached hydrogens (tertiary/aromatic N) is 2. The first kappa shape index (κ1) is 27.0. The zero-order chi connectivity index (χ0) is 22.8. The Morgan fingerprint density at radius 2 is 1.19 bits per heavy atom. The van der Waals surface area contributed by atoms with Gasteiger partial charge in [-0.3, -0.25) is 4.98 Å². The molecule has 0 bridgehead atoms. The lowest BCUT2D eigenvalue weighted by atomic mass is 10.1. The van der Waals surface area contributed by atoms with Crippen molar-refractivity contribution in [2.45, 2.75) is 70.4 Å². The molecule has 174 valence electrons. The monoisotopic (exact) mass is 461 g/mol. The number of alkyl halides is 3. The second-order valence-corrected chi connectivity index (χ2v) is 8.57. The van der Waals surface area contributed by atoms with E-state index in [0.717, 1.165) is 42.5 Å². The zero-order valence-corrected chi connectivity index (χ0v) is 18.5. The minimum absolute atomic E-state index is 0.154. The van der Waals surface area contributed by atoms with Gasteiger partial charge in [-0.1, -0.05) is 61.1 Å². The maximum absolute atomic E-state index is 12.0. The van der Waals surface area contributed by atoms with Crippen molar-refractivity contribution in [3.05, 3.63) is 61.2 Å². The summed E-state index contributed by atoms with van der Waals surface area (Å²) in [5, 5.41) is 0. The summed E-state index contributed by atoms with van der Waals surface area (Å²) in [7, 11) is -3.74. The molecule has 9 heteroatoms. The van der Waals surface area contributed by atoms with Crippen molar-refractivity contribution in [2.75, 3.05) is 6.61 Å². The van der Waals surface area contributed by atoms with E-state index in [-0.39, 0.29) is 13.0 Å². The van der Waals surface area contributed by atoms with Crippen molar-refractivity contribution >= 4 is 10.3 Å². The molecule has 0 saturated heterocycles. The van der Waals surface area contributed by atoms with Crippen molar-refractivity contribution in [1.82, 2.24) is 4.98 Å². The van der Waals surface area contributed by atoms with E-state index in [1.165, 1.54) is 12.4 Å². The number of halogens is 3. The third-order valence-corrected chi connectivity index (χ3v) is 5.57. The Bertz CT molecular complexity index is 747. The second-order valence-electron chi connectivity index (χ2n) is 7.06. The van der Waals surface area contributed by atoms with Gasteiger partial charge in [-0.15, -0.1) is 8.42 Å². The molecule has 0 aliphatic rings. The van der Waals surface area contributed by atoms with Crippen LogP contribution in [0.1, 0.15) is 64.2 Å². The summed E-state index contributed by atoms with van der Waals surface area (Å²) < 4.78 is 65.5. The lowest BCUT2D eigenvalue weighted by Crippen LogP contribution is -2.43. The van der Waals surface area contributed by atoms with Crippen molar-refractivity contribution in [1.29, 1.82) is 0 Å². The van der Waals surface area contributed by atoms with E-state index in [0.29, 0.717) is 12.8 Å². The molecular formula is C22H32F3N2O3S+. The molecule has 0 radical (unpaired) electrons. The maximum Gasteiger partial charge on any atom is 0.513 e. The summed E-state index contributed by atoms with van der Waals surface area (Å²) in [6.07, 6.45) is 8.80. The number of pyridine rings is 2. The summed E-state index contributed by atoms with van der Waals surface area (Å²) in [6, 6.07) is 10.7. The zero-order valence-electron chi connectivity index (χ0n) is 17.7. The van der Waals surface area contributed by atoms with E-state index in [1.54, 1.807) is 30.6 Å². The molecule has 0 aromatic carbocycles. The van der Waals surface area contributed by atoms with Crippen LogP contribution in [-0.2, 0) is 14.5 Å². The smallest absolute Gasteiger partial charge is 0.265 e. The number of unbranched alkanes of at least 4 members (excludes halogenated alkanes) is 8. The van der Waals surface area contributed by atoms with Crippen LogP contribution in [0.25, 0.3) is 0 Å². The highest BCUT2D eigenvalue weighted by Gasteiger charge is 2.25. The molecule has 0 aliphatic heterocycles. The van der Waals surface area contributed by atoms with Gasteiger partial charge in [-0.2, -0.15) is 13.2 Å². The Morgan fingerprint density at radius 3 is 1.65 bits per heavy atom. The van der Waals surface area contributed by atoms with Crippen LogP contribution in [0.5, 0.6) is 0 Å². The van der Waals surface area contributed by atoms with E-state index < -0.39 is 22.9 Å². The number of aromatic nitrogens is 2. The third kappa shape index (κ3) is 15.5. The molecule has 0 spiro atoms. The van der Waals surface area contributed by atoms with Crippen LogP contribution in [0.4, 0.5) is 13.2 Å². The van der Waals surface area contributed by atoms with Gasteiger partial charge in [0.1, 0.15) is 0 Å². The Balaban J connectivity index is 0.000000683. The van der Waals surface area contributed by atoms with Gasteiger partial charge in [-0.25, -0.2) is 4.18 Å². The van der Waals surface area contributed by atoms with Crippen molar-refractivity contribution in [3.63, 3.8) is 0 Å². The second kappa shape index (κ2) is 15.8. The highest BCUT2D eigenvalue weighted by Crippen LogP contribution is 2.23. The molecule has 2 aromatic heterocycles. The van der Waals surface area contributed by atoms with Crippen molar-refractivity contribution in [2.24, 2.45) is 0 Å². The highest BCUT2D eigenvalue weighted by atomic mass is 32.2. The van der Waals surface area contributed by atoms with Crippen molar-refractivity contribution < 1.29 is 29.7 Å². The van der Waals surface area contributed by atoms with Gasteiger partial charge in [0, 0.05) is 30.9 Å². The van der Waals surface area contributed by atoms with Gasteiger partial charge in [0.15, 0.2) is 12.4 Å². The van der Waals surface area contributed by atoms with Crippen LogP contribution in [0.2, 0.25) is 0 Å². The molecule has 5 nitrogen and oxygen atoms in total. The van der Waals surface area contributed by atoms with Crippen molar-refractivity contribution in [3.8, 4) is 0 Å². The largest absolute Gasteiger partial charge is 0.513 e. The average Bonchev–Trinajstić information content (AvgIpc) is 2.76. The molecule has 31 heavy (non-hydrogen) atoms.